The summed E-state index contributed by atoms with van der Waals surface area (Å²) in [4.78, 5) is 32.9. The summed E-state index contributed by atoms with van der Waals surface area (Å²) in [7, 11) is 0. The van der Waals surface area contributed by atoms with Crippen molar-refractivity contribution in [3.8, 4) is 11.1 Å². The van der Waals surface area contributed by atoms with Gasteiger partial charge in [-0.05, 0) is 48.2 Å². The van der Waals surface area contributed by atoms with E-state index in [9.17, 15) is 14.7 Å². The van der Waals surface area contributed by atoms with Gasteiger partial charge < -0.3 is 14.9 Å². The molecule has 1 aliphatic carbocycles. The van der Waals surface area contributed by atoms with E-state index in [0.717, 1.165) is 21.3 Å². The van der Waals surface area contributed by atoms with Gasteiger partial charge in [-0.3, -0.25) is 9.59 Å². The molecule has 154 valence electrons. The first-order chi connectivity index (χ1) is 14.4. The number of carbonyl (C=O) groups excluding carboxylic acids is 2. The minimum atomic E-state index is -1.16. The van der Waals surface area contributed by atoms with Gasteiger partial charge in [-0.1, -0.05) is 23.7 Å². The average Bonchev–Trinajstić information content (AvgIpc) is 3.34. The van der Waals surface area contributed by atoms with Crippen molar-refractivity contribution < 1.29 is 14.7 Å². The molecule has 2 amide bonds. The van der Waals surface area contributed by atoms with Crippen LogP contribution in [0.4, 0.5) is 0 Å². The fraction of sp³-hybridized carbons (Fsp3) is 0.318. The lowest BCUT2D eigenvalue weighted by Gasteiger charge is -2.36. The highest BCUT2D eigenvalue weighted by atomic mass is 35.5. The predicted molar refractivity (Wildman–Crippen MR) is 117 cm³/mol. The Morgan fingerprint density at radius 2 is 1.67 bits per heavy atom. The third kappa shape index (κ3) is 3.47. The lowest BCUT2D eigenvalue weighted by Crippen LogP contribution is -2.53. The molecular weight excluding hydrogens is 422 g/mol. The number of rotatable bonds is 3. The van der Waals surface area contributed by atoms with E-state index < -0.39 is 5.60 Å². The molecule has 5 rings (SSSR count). The van der Waals surface area contributed by atoms with Gasteiger partial charge in [0.05, 0.1) is 26.3 Å². The summed E-state index contributed by atoms with van der Waals surface area (Å²) < 4.78 is 1.10. The molecule has 2 aliphatic rings. The second-order valence-electron chi connectivity index (χ2n) is 7.85. The van der Waals surface area contributed by atoms with Crippen molar-refractivity contribution in [1.82, 2.24) is 14.8 Å². The summed E-state index contributed by atoms with van der Waals surface area (Å²) in [5.74, 6) is -0.350. The van der Waals surface area contributed by atoms with Gasteiger partial charge in [0.1, 0.15) is 5.60 Å². The van der Waals surface area contributed by atoms with Gasteiger partial charge in [0, 0.05) is 26.2 Å². The Morgan fingerprint density at radius 3 is 2.37 bits per heavy atom. The molecule has 2 heterocycles. The van der Waals surface area contributed by atoms with Crippen molar-refractivity contribution >= 4 is 45.0 Å². The topological polar surface area (TPSA) is 73.7 Å². The van der Waals surface area contributed by atoms with E-state index in [0.29, 0.717) is 49.6 Å². The summed E-state index contributed by atoms with van der Waals surface area (Å²) in [6, 6.07) is 11.5. The van der Waals surface area contributed by atoms with Crippen LogP contribution in [0.15, 0.2) is 41.9 Å². The molecule has 2 fully saturated rings. The van der Waals surface area contributed by atoms with E-state index in [4.69, 9.17) is 11.6 Å². The van der Waals surface area contributed by atoms with E-state index in [1.807, 2.05) is 29.8 Å². The van der Waals surface area contributed by atoms with Crippen LogP contribution < -0.4 is 0 Å². The quantitative estimate of drug-likeness (QED) is 0.675. The lowest BCUT2D eigenvalue weighted by molar-refractivity contribution is -0.143. The molecule has 0 atom stereocenters. The van der Waals surface area contributed by atoms with Gasteiger partial charge in [-0.2, -0.15) is 0 Å². The number of hydrogen-bond acceptors (Lipinski definition) is 5. The van der Waals surface area contributed by atoms with Crippen LogP contribution in [-0.4, -0.2) is 63.5 Å². The van der Waals surface area contributed by atoms with Gasteiger partial charge >= 0.3 is 0 Å². The lowest BCUT2D eigenvalue weighted by atomic mass is 10.0. The first-order valence-electron chi connectivity index (χ1n) is 9.89. The number of fused-ring (bicyclic) bond motifs is 1. The number of halogens is 1. The first-order valence-corrected chi connectivity index (χ1v) is 11.1. The second-order valence-corrected chi connectivity index (χ2v) is 9.14. The second kappa shape index (κ2) is 7.34. The first kappa shape index (κ1) is 19.5. The molecule has 8 heteroatoms. The maximum Gasteiger partial charge on any atom is 0.255 e. The number of hydrogen-bond donors (Lipinski definition) is 1. The van der Waals surface area contributed by atoms with E-state index in [1.54, 1.807) is 27.2 Å². The van der Waals surface area contributed by atoms with E-state index in [1.165, 1.54) is 0 Å². The average molecular weight is 442 g/mol. The van der Waals surface area contributed by atoms with Gasteiger partial charge in [-0.25, -0.2) is 4.98 Å². The third-order valence-electron chi connectivity index (χ3n) is 5.84. The zero-order valence-electron chi connectivity index (χ0n) is 16.2. The summed E-state index contributed by atoms with van der Waals surface area (Å²) in [6.07, 6.45) is 1.06. The van der Waals surface area contributed by atoms with E-state index in [2.05, 4.69) is 11.1 Å². The van der Waals surface area contributed by atoms with Crippen LogP contribution in [0.2, 0.25) is 5.02 Å². The predicted octanol–water partition coefficient (Wildman–Crippen LogP) is 3.43. The number of piperazine rings is 1. The molecule has 0 spiro atoms. The van der Waals surface area contributed by atoms with Crippen LogP contribution in [0.3, 0.4) is 0 Å². The van der Waals surface area contributed by atoms with Crippen molar-refractivity contribution in [3.05, 3.63) is 52.5 Å². The minimum absolute atomic E-state index is 0.137. The molecule has 0 unspecified atom stereocenters. The SMILES string of the molecule is O=C(c1ccc(-c2ccc3ncsc3c2)cc1Cl)N1CCN(C(=O)C2(O)CC2)CC1. The molecular formula is C22H20ClN3O3S. The van der Waals surface area contributed by atoms with Crippen LogP contribution in [0.25, 0.3) is 21.3 Å². The number of carbonyl (C=O) groups is 2. The minimum Gasteiger partial charge on any atom is -0.380 e. The monoisotopic (exact) mass is 441 g/mol. The molecule has 1 N–H and O–H groups in total. The largest absolute Gasteiger partial charge is 0.380 e. The summed E-state index contributed by atoms with van der Waals surface area (Å²) in [6.45, 7) is 1.72. The molecule has 1 aromatic heterocycles. The van der Waals surface area contributed by atoms with E-state index >= 15 is 0 Å². The summed E-state index contributed by atoms with van der Waals surface area (Å²) in [5, 5.41) is 10.4. The van der Waals surface area contributed by atoms with Gasteiger partial charge in [0.15, 0.2) is 0 Å². The van der Waals surface area contributed by atoms with Gasteiger partial charge in [-0.15, -0.1) is 11.3 Å². The van der Waals surface area contributed by atoms with Crippen molar-refractivity contribution in [3.63, 3.8) is 0 Å². The number of aliphatic hydroxyl groups is 1. The Kier molecular flexibility index (Phi) is 4.76. The number of benzene rings is 2. The highest BCUT2D eigenvalue weighted by Gasteiger charge is 2.50. The molecule has 3 aromatic rings. The van der Waals surface area contributed by atoms with Crippen LogP contribution in [0.1, 0.15) is 23.2 Å². The van der Waals surface area contributed by atoms with Crippen LogP contribution in [0, 0.1) is 0 Å². The Bertz CT molecular complexity index is 1150. The van der Waals surface area contributed by atoms with Crippen molar-refractivity contribution in [2.75, 3.05) is 26.2 Å². The zero-order valence-corrected chi connectivity index (χ0v) is 17.7. The maximum atomic E-state index is 13.0. The number of thiazole rings is 1. The molecule has 1 saturated carbocycles. The van der Waals surface area contributed by atoms with Crippen LogP contribution in [-0.2, 0) is 4.79 Å². The number of aromatic nitrogens is 1. The summed E-state index contributed by atoms with van der Waals surface area (Å²) >= 11 is 8.07. The molecule has 0 bridgehead atoms. The Balaban J connectivity index is 1.30. The summed E-state index contributed by atoms with van der Waals surface area (Å²) in [5.41, 5.74) is 4.06. The van der Waals surface area contributed by atoms with Crippen molar-refractivity contribution in [1.29, 1.82) is 0 Å². The highest BCUT2D eigenvalue weighted by molar-refractivity contribution is 7.16. The fourth-order valence-corrected chi connectivity index (χ4v) is 4.79. The molecule has 1 saturated heterocycles. The fourth-order valence-electron chi connectivity index (χ4n) is 3.81. The normalized spacial score (nSPS) is 17.9. The number of nitrogens with zero attached hydrogens (tertiary/aromatic N) is 3. The van der Waals surface area contributed by atoms with Gasteiger partial charge in [0.2, 0.25) is 0 Å². The van der Waals surface area contributed by atoms with Crippen LogP contribution in [0.5, 0.6) is 0 Å². The Hall–Kier alpha value is -2.48. The maximum absolute atomic E-state index is 13.0. The number of amides is 2. The third-order valence-corrected chi connectivity index (χ3v) is 6.94. The van der Waals surface area contributed by atoms with Gasteiger partial charge in [0.25, 0.3) is 11.8 Å². The highest BCUT2D eigenvalue weighted by Crippen LogP contribution is 2.37. The standard InChI is InChI=1S/C22H20ClN3O3S/c23-17-11-14(15-2-4-18-19(12-15)30-13-24-18)1-3-16(17)20(27)25-7-9-26(10-8-25)21(28)22(29)5-6-22/h1-4,11-13,29H,5-10H2. The molecule has 6 nitrogen and oxygen atoms in total. The van der Waals surface area contributed by atoms with E-state index in [-0.39, 0.29) is 11.8 Å². The molecule has 2 aromatic carbocycles. The molecule has 1 aliphatic heterocycles. The van der Waals surface area contributed by atoms with Crippen molar-refractivity contribution in [2.24, 2.45) is 0 Å². The van der Waals surface area contributed by atoms with Crippen molar-refractivity contribution in [2.45, 2.75) is 18.4 Å². The Morgan fingerprint density at radius 1 is 1.00 bits per heavy atom. The Labute approximate surface area is 182 Å². The van der Waals surface area contributed by atoms with Crippen LogP contribution >= 0.6 is 22.9 Å². The zero-order chi connectivity index (χ0) is 20.9. The smallest absolute Gasteiger partial charge is 0.255 e. The molecule has 0 radical (unpaired) electrons. The molecule has 30 heavy (non-hydrogen) atoms.